The summed E-state index contributed by atoms with van der Waals surface area (Å²) in [5.74, 6) is 1.13. The van der Waals surface area contributed by atoms with Gasteiger partial charge in [0.1, 0.15) is 12.1 Å². The van der Waals surface area contributed by atoms with Gasteiger partial charge in [-0.25, -0.2) is 0 Å². The molecule has 1 aromatic heterocycles. The summed E-state index contributed by atoms with van der Waals surface area (Å²) in [6, 6.07) is 13.0. The Hall–Kier alpha value is -2.67. The molecule has 3 aromatic rings. The topological polar surface area (TPSA) is 69.0 Å². The van der Waals surface area contributed by atoms with E-state index in [0.717, 1.165) is 28.8 Å². The molecule has 0 fully saturated rings. The van der Waals surface area contributed by atoms with Gasteiger partial charge < -0.3 is 14.6 Å². The van der Waals surface area contributed by atoms with Crippen molar-refractivity contribution < 1.29 is 9.53 Å². The molecule has 7 heteroatoms. The molecule has 0 radical (unpaired) electrons. The fourth-order valence-corrected chi connectivity index (χ4v) is 3.16. The van der Waals surface area contributed by atoms with Crippen molar-refractivity contribution in [2.45, 2.75) is 13.0 Å². The number of hydrogen-bond donors (Lipinski definition) is 1. The third kappa shape index (κ3) is 3.28. The fourth-order valence-electron chi connectivity index (χ4n) is 2.80. The summed E-state index contributed by atoms with van der Waals surface area (Å²) in [7, 11) is 0. The fraction of sp³-hybridized carbons (Fsp3) is 0.167. The number of carbonyl (C=O) groups is 1. The van der Waals surface area contributed by atoms with Crippen molar-refractivity contribution >= 4 is 27.5 Å². The number of ether oxygens (including phenoxy) is 1. The van der Waals surface area contributed by atoms with E-state index >= 15 is 0 Å². The highest BCUT2D eigenvalue weighted by Crippen LogP contribution is 2.26. The number of nitrogens with zero attached hydrogens (tertiary/aromatic N) is 3. The Bertz CT molecular complexity index is 938. The van der Waals surface area contributed by atoms with Gasteiger partial charge in [0.2, 0.25) is 0 Å². The van der Waals surface area contributed by atoms with E-state index < -0.39 is 0 Å². The molecule has 0 spiro atoms. The molecule has 2 heterocycles. The maximum atomic E-state index is 12.7. The van der Waals surface area contributed by atoms with Crippen molar-refractivity contribution in [1.82, 2.24) is 14.8 Å². The molecular weight excluding hydrogens is 384 g/mol. The molecule has 1 aliphatic heterocycles. The van der Waals surface area contributed by atoms with Crippen LogP contribution >= 0.6 is 15.9 Å². The van der Waals surface area contributed by atoms with Crippen LogP contribution in [-0.4, -0.2) is 27.3 Å². The van der Waals surface area contributed by atoms with Crippen LogP contribution in [0.15, 0.2) is 53.3 Å². The second-order valence-electron chi connectivity index (χ2n) is 5.73. The summed E-state index contributed by atoms with van der Waals surface area (Å²) in [6.07, 6.45) is 2.49. The summed E-state index contributed by atoms with van der Waals surface area (Å²) >= 11 is 3.41. The van der Waals surface area contributed by atoms with Crippen LogP contribution in [0, 0.1) is 0 Å². The summed E-state index contributed by atoms with van der Waals surface area (Å²) in [5.41, 5.74) is 2.10. The summed E-state index contributed by atoms with van der Waals surface area (Å²) < 4.78 is 8.66. The molecule has 4 rings (SSSR count). The van der Waals surface area contributed by atoms with Crippen molar-refractivity contribution in [2.75, 3.05) is 11.9 Å². The third-order valence-electron chi connectivity index (χ3n) is 3.98. The first-order valence-corrected chi connectivity index (χ1v) is 8.72. The number of anilines is 1. The molecule has 0 aliphatic carbocycles. The van der Waals surface area contributed by atoms with Gasteiger partial charge in [-0.15, -0.1) is 10.2 Å². The van der Waals surface area contributed by atoms with Crippen molar-refractivity contribution in [3.05, 3.63) is 58.8 Å². The number of amides is 1. The Kier molecular flexibility index (Phi) is 4.23. The van der Waals surface area contributed by atoms with Gasteiger partial charge in [0.15, 0.2) is 5.82 Å². The quantitative estimate of drug-likeness (QED) is 0.625. The smallest absolute Gasteiger partial charge is 0.259 e. The van der Waals surface area contributed by atoms with Crippen LogP contribution in [0.1, 0.15) is 16.8 Å². The number of nitrogens with one attached hydrogen (secondary N) is 1. The number of aromatic nitrogens is 3. The predicted octanol–water partition coefficient (Wildman–Crippen LogP) is 3.74. The van der Waals surface area contributed by atoms with E-state index in [1.54, 1.807) is 18.5 Å². The molecule has 6 nitrogen and oxygen atoms in total. The second-order valence-corrected chi connectivity index (χ2v) is 6.64. The van der Waals surface area contributed by atoms with Crippen molar-refractivity contribution in [3.8, 4) is 17.1 Å². The van der Waals surface area contributed by atoms with E-state index in [9.17, 15) is 4.79 Å². The monoisotopic (exact) mass is 398 g/mol. The van der Waals surface area contributed by atoms with Crippen LogP contribution in [0.25, 0.3) is 11.4 Å². The molecular formula is C18H15BrN4O2. The van der Waals surface area contributed by atoms with Gasteiger partial charge in [-0.1, -0.05) is 28.1 Å². The van der Waals surface area contributed by atoms with E-state index in [4.69, 9.17) is 4.74 Å². The zero-order chi connectivity index (χ0) is 17.2. The Balaban J connectivity index is 1.77. The summed E-state index contributed by atoms with van der Waals surface area (Å²) in [5, 5.41) is 11.1. The van der Waals surface area contributed by atoms with Crippen molar-refractivity contribution in [3.63, 3.8) is 0 Å². The standard InChI is InChI=1S/C18H15BrN4O2/c19-13-5-6-16-15(10-13)18(24)21-14-4-1-3-12(9-14)17-22-20-11-23(17)7-2-8-25-16/h1,3-6,9-11H,2,7-8H2,(H,21,24). The molecule has 25 heavy (non-hydrogen) atoms. The average Bonchev–Trinajstić information content (AvgIpc) is 3.08. The second kappa shape index (κ2) is 6.68. The number of fused-ring (bicyclic) bond motifs is 5. The number of aryl methyl sites for hydroxylation is 1. The van der Waals surface area contributed by atoms with Gasteiger partial charge in [-0.2, -0.15) is 0 Å². The molecule has 1 amide bonds. The third-order valence-corrected chi connectivity index (χ3v) is 4.47. The Labute approximate surface area is 153 Å². The molecule has 1 N–H and O–H groups in total. The molecule has 0 unspecified atom stereocenters. The first-order valence-electron chi connectivity index (χ1n) is 7.93. The zero-order valence-electron chi connectivity index (χ0n) is 13.3. The minimum Gasteiger partial charge on any atom is -0.493 e. The van der Waals surface area contributed by atoms with Gasteiger partial charge >= 0.3 is 0 Å². The van der Waals surface area contributed by atoms with Crippen molar-refractivity contribution in [1.29, 1.82) is 0 Å². The lowest BCUT2D eigenvalue weighted by Gasteiger charge is -2.12. The van der Waals surface area contributed by atoms with Crippen LogP contribution in [0.2, 0.25) is 0 Å². The zero-order valence-corrected chi connectivity index (χ0v) is 14.9. The van der Waals surface area contributed by atoms with Gasteiger partial charge in [-0.3, -0.25) is 4.79 Å². The molecule has 0 saturated heterocycles. The first kappa shape index (κ1) is 15.8. The van der Waals surface area contributed by atoms with E-state index in [0.29, 0.717) is 23.6 Å². The Morgan fingerprint density at radius 2 is 2.12 bits per heavy atom. The van der Waals surface area contributed by atoms with Gasteiger partial charge in [0, 0.05) is 22.3 Å². The maximum absolute atomic E-state index is 12.7. The van der Waals surface area contributed by atoms with Crippen LogP contribution in [-0.2, 0) is 6.54 Å². The van der Waals surface area contributed by atoms with Gasteiger partial charge in [0.05, 0.1) is 12.2 Å². The SMILES string of the molecule is O=C1Nc2cccc(c2)-c2nncn2CCCOc2ccc(Br)cc21. The van der Waals surface area contributed by atoms with Gasteiger partial charge in [0.25, 0.3) is 5.91 Å². The number of benzene rings is 2. The number of carbonyl (C=O) groups excluding carboxylic acids is 1. The van der Waals surface area contributed by atoms with Crippen LogP contribution in [0.3, 0.4) is 0 Å². The molecule has 0 saturated carbocycles. The van der Waals surface area contributed by atoms with Gasteiger partial charge in [-0.05, 0) is 36.8 Å². The molecule has 126 valence electrons. The normalized spacial score (nSPS) is 14.0. The van der Waals surface area contributed by atoms with E-state index in [1.807, 2.05) is 34.9 Å². The Morgan fingerprint density at radius 3 is 3.04 bits per heavy atom. The van der Waals surface area contributed by atoms with E-state index in [-0.39, 0.29) is 5.91 Å². The maximum Gasteiger partial charge on any atom is 0.259 e. The van der Waals surface area contributed by atoms with Crippen LogP contribution in [0.5, 0.6) is 5.75 Å². The summed E-state index contributed by atoms with van der Waals surface area (Å²) in [6.45, 7) is 1.23. The molecule has 0 atom stereocenters. The van der Waals surface area contributed by atoms with Crippen molar-refractivity contribution in [2.24, 2.45) is 0 Å². The lowest BCUT2D eigenvalue weighted by Crippen LogP contribution is -2.14. The Morgan fingerprint density at radius 1 is 1.20 bits per heavy atom. The summed E-state index contributed by atoms with van der Waals surface area (Å²) in [4.78, 5) is 12.7. The van der Waals surface area contributed by atoms with E-state index in [1.165, 1.54) is 0 Å². The lowest BCUT2D eigenvalue weighted by molar-refractivity contribution is 0.102. The first-order chi connectivity index (χ1) is 12.2. The average molecular weight is 399 g/mol. The molecule has 1 aliphatic rings. The highest BCUT2D eigenvalue weighted by atomic mass is 79.9. The highest BCUT2D eigenvalue weighted by molar-refractivity contribution is 9.10. The largest absolute Gasteiger partial charge is 0.493 e. The molecule has 2 aromatic carbocycles. The predicted molar refractivity (Wildman–Crippen MR) is 97.7 cm³/mol. The van der Waals surface area contributed by atoms with Crippen LogP contribution < -0.4 is 10.1 Å². The number of halogens is 1. The minimum absolute atomic E-state index is 0.214. The molecule has 2 bridgehead atoms. The highest BCUT2D eigenvalue weighted by Gasteiger charge is 2.16. The lowest BCUT2D eigenvalue weighted by atomic mass is 10.1. The number of rotatable bonds is 0. The van der Waals surface area contributed by atoms with E-state index in [2.05, 4.69) is 31.4 Å². The number of hydrogen-bond acceptors (Lipinski definition) is 4. The van der Waals surface area contributed by atoms with Crippen LogP contribution in [0.4, 0.5) is 5.69 Å². The minimum atomic E-state index is -0.214.